The molecule has 2 aromatic rings. The molecule has 2 unspecified atom stereocenters. The van der Waals surface area contributed by atoms with Crippen LogP contribution < -0.4 is 0 Å². The molecule has 2 atom stereocenters. The molecule has 0 aliphatic carbocycles. The van der Waals surface area contributed by atoms with Gasteiger partial charge in [0, 0.05) is 22.6 Å². The zero-order chi connectivity index (χ0) is 29.1. The van der Waals surface area contributed by atoms with Crippen LogP contribution in [0, 0.1) is 0 Å². The van der Waals surface area contributed by atoms with Crippen molar-refractivity contribution >= 4 is 22.7 Å². The van der Waals surface area contributed by atoms with Crippen molar-refractivity contribution in [2.75, 3.05) is 72.9 Å². The molecule has 0 aromatic carbocycles. The van der Waals surface area contributed by atoms with E-state index in [4.69, 9.17) is 19.3 Å². The number of aliphatic hydroxyl groups excluding tert-OH is 2. The molecule has 0 spiro atoms. The van der Waals surface area contributed by atoms with Crippen LogP contribution >= 0.6 is 22.7 Å². The van der Waals surface area contributed by atoms with E-state index in [0.717, 1.165) is 31.1 Å². The highest BCUT2D eigenvalue weighted by atomic mass is 32.1. The minimum atomic E-state index is -4.29. The lowest BCUT2D eigenvalue weighted by molar-refractivity contribution is -0.396. The lowest BCUT2D eigenvalue weighted by atomic mass is 10.3. The van der Waals surface area contributed by atoms with Crippen LogP contribution in [-0.4, -0.2) is 107 Å². The molecule has 40 heavy (non-hydrogen) atoms. The number of ether oxygens (including phenoxy) is 7. The van der Waals surface area contributed by atoms with Crippen molar-refractivity contribution in [2.45, 2.75) is 37.3 Å². The highest BCUT2D eigenvalue weighted by Crippen LogP contribution is 2.27. The van der Waals surface area contributed by atoms with Gasteiger partial charge in [0.05, 0.1) is 52.9 Å². The quantitative estimate of drug-likeness (QED) is 0.0884. The van der Waals surface area contributed by atoms with Gasteiger partial charge in [-0.15, -0.1) is 22.7 Å². The third-order valence-corrected chi connectivity index (χ3v) is 6.59. The summed E-state index contributed by atoms with van der Waals surface area (Å²) in [7, 11) is 0. The Kier molecular flexibility index (Phi) is 17.3. The normalized spacial score (nSPS) is 16.0. The topological polar surface area (TPSA) is 108 Å². The molecule has 2 aromatic heterocycles. The highest BCUT2D eigenvalue weighted by molar-refractivity contribution is 7.10. The SMILES string of the molecule is OCCOCOCC(F)(F)OC(F)(F)COCC(O)COCCc1cccs1.c1csc(CCOCC2CO2)c1. The van der Waals surface area contributed by atoms with Gasteiger partial charge in [0.15, 0.2) is 0 Å². The molecule has 3 rings (SSSR count). The number of rotatable bonds is 22. The molecule has 0 amide bonds. The molecule has 0 saturated carbocycles. The van der Waals surface area contributed by atoms with E-state index in [2.05, 4.69) is 36.5 Å². The van der Waals surface area contributed by atoms with Gasteiger partial charge in [-0.3, -0.25) is 4.74 Å². The Morgan fingerprint density at radius 3 is 1.98 bits per heavy atom. The Balaban J connectivity index is 0.000000382. The van der Waals surface area contributed by atoms with Gasteiger partial charge in [0.25, 0.3) is 0 Å². The van der Waals surface area contributed by atoms with E-state index in [1.807, 2.05) is 17.5 Å². The fourth-order valence-corrected chi connectivity index (χ4v) is 4.22. The van der Waals surface area contributed by atoms with E-state index in [1.54, 1.807) is 22.7 Å². The van der Waals surface area contributed by atoms with Gasteiger partial charge in [-0.1, -0.05) is 12.1 Å². The Bertz CT molecular complexity index is 857. The molecule has 1 aliphatic rings. The van der Waals surface area contributed by atoms with Crippen molar-refractivity contribution in [3.8, 4) is 0 Å². The lowest BCUT2D eigenvalue weighted by Crippen LogP contribution is -2.40. The number of hydrogen-bond acceptors (Lipinski definition) is 11. The summed E-state index contributed by atoms with van der Waals surface area (Å²) in [6, 6.07) is 8.04. The zero-order valence-corrected chi connectivity index (χ0v) is 23.5. The van der Waals surface area contributed by atoms with Gasteiger partial charge in [0.1, 0.15) is 32.2 Å². The van der Waals surface area contributed by atoms with E-state index >= 15 is 0 Å². The summed E-state index contributed by atoms with van der Waals surface area (Å²) < 4.78 is 85.8. The first-order valence-corrected chi connectivity index (χ1v) is 14.2. The first-order valence-electron chi connectivity index (χ1n) is 12.5. The van der Waals surface area contributed by atoms with Crippen LogP contribution in [0.25, 0.3) is 0 Å². The highest BCUT2D eigenvalue weighted by Gasteiger charge is 2.44. The third-order valence-electron chi connectivity index (χ3n) is 4.71. The smallest absolute Gasteiger partial charge is 0.383 e. The standard InChI is InChI=1S/C16H24F4O7S.C9H12O2S/c17-15(18,27-16(19,20)11-26-12-24-6-4-21)10-25-9-13(22)8-23-5-3-14-2-1-7-28-14;1-2-9(12-5-1)3-4-10-6-8-7-11-8/h1-2,7,13,21-22H,3-6,8-12H2;1-2,5,8H,3-4,6-7H2. The van der Waals surface area contributed by atoms with Gasteiger partial charge < -0.3 is 38.6 Å². The van der Waals surface area contributed by atoms with Crippen LogP contribution in [0.1, 0.15) is 9.75 Å². The summed E-state index contributed by atoms with van der Waals surface area (Å²) >= 11 is 3.35. The molecule has 1 fully saturated rings. The van der Waals surface area contributed by atoms with Crippen LogP contribution in [0.4, 0.5) is 17.6 Å². The van der Waals surface area contributed by atoms with Gasteiger partial charge in [0.2, 0.25) is 0 Å². The van der Waals surface area contributed by atoms with Gasteiger partial charge in [-0.25, -0.2) is 0 Å². The number of epoxide rings is 1. The Morgan fingerprint density at radius 2 is 1.43 bits per heavy atom. The van der Waals surface area contributed by atoms with Crippen molar-refractivity contribution in [3.05, 3.63) is 44.8 Å². The molecule has 2 N–H and O–H groups in total. The summed E-state index contributed by atoms with van der Waals surface area (Å²) in [5.74, 6) is 0. The summed E-state index contributed by atoms with van der Waals surface area (Å²) in [4.78, 5) is 2.50. The maximum Gasteiger partial charge on any atom is 0.383 e. The number of halogens is 4. The monoisotopic (exact) mass is 620 g/mol. The van der Waals surface area contributed by atoms with Crippen molar-refractivity contribution in [1.82, 2.24) is 0 Å². The Labute approximate surface area is 238 Å². The predicted molar refractivity (Wildman–Crippen MR) is 139 cm³/mol. The predicted octanol–water partition coefficient (Wildman–Crippen LogP) is 3.58. The van der Waals surface area contributed by atoms with Crippen LogP contribution in [0.3, 0.4) is 0 Å². The summed E-state index contributed by atoms with van der Waals surface area (Å²) in [5.41, 5.74) is 0. The van der Waals surface area contributed by atoms with E-state index < -0.39 is 44.9 Å². The molecule has 0 radical (unpaired) electrons. The molecule has 15 heteroatoms. The minimum absolute atomic E-state index is 0.142. The Morgan fingerprint density at radius 1 is 0.850 bits per heavy atom. The first kappa shape index (κ1) is 35.0. The van der Waals surface area contributed by atoms with E-state index in [1.165, 1.54) is 4.88 Å². The van der Waals surface area contributed by atoms with Crippen molar-refractivity contribution in [2.24, 2.45) is 0 Å². The third kappa shape index (κ3) is 18.2. The maximum atomic E-state index is 13.4. The molecular formula is C25H36F4O9S2. The van der Waals surface area contributed by atoms with Crippen molar-refractivity contribution < 1.29 is 60.9 Å². The fraction of sp³-hybridized carbons (Fsp3) is 0.680. The maximum absolute atomic E-state index is 13.4. The minimum Gasteiger partial charge on any atom is -0.394 e. The number of alkyl halides is 4. The summed E-state index contributed by atoms with van der Waals surface area (Å²) in [5, 5.41) is 22.0. The average Bonchev–Trinajstić information content (AvgIpc) is 3.32. The molecule has 230 valence electrons. The lowest BCUT2D eigenvalue weighted by Gasteiger charge is -2.24. The summed E-state index contributed by atoms with van der Waals surface area (Å²) in [6.45, 7) is -1.89. The molecule has 1 saturated heterocycles. The largest absolute Gasteiger partial charge is 0.394 e. The van der Waals surface area contributed by atoms with Crippen LogP contribution in [-0.2, 0) is 46.0 Å². The van der Waals surface area contributed by atoms with Gasteiger partial charge in [-0.05, 0) is 22.9 Å². The van der Waals surface area contributed by atoms with Crippen molar-refractivity contribution in [3.63, 3.8) is 0 Å². The molecule has 1 aliphatic heterocycles. The molecule has 9 nitrogen and oxygen atoms in total. The average molecular weight is 621 g/mol. The molecule has 3 heterocycles. The van der Waals surface area contributed by atoms with Crippen molar-refractivity contribution in [1.29, 1.82) is 0 Å². The first-order chi connectivity index (χ1) is 19.2. The fourth-order valence-electron chi connectivity index (χ4n) is 2.84. The van der Waals surface area contributed by atoms with Crippen LogP contribution in [0.15, 0.2) is 35.0 Å². The second kappa shape index (κ2) is 19.8. The second-order valence-electron chi connectivity index (χ2n) is 8.41. The van der Waals surface area contributed by atoms with Crippen LogP contribution in [0.2, 0.25) is 0 Å². The Hall–Kier alpha value is -1.24. The van der Waals surface area contributed by atoms with Crippen LogP contribution in [0.5, 0.6) is 0 Å². The number of hydrogen-bond donors (Lipinski definition) is 2. The zero-order valence-electron chi connectivity index (χ0n) is 21.9. The number of thiophene rings is 2. The number of aliphatic hydroxyl groups is 2. The van der Waals surface area contributed by atoms with E-state index in [0.29, 0.717) is 19.1 Å². The van der Waals surface area contributed by atoms with Gasteiger partial charge in [-0.2, -0.15) is 17.6 Å². The van der Waals surface area contributed by atoms with Gasteiger partial charge >= 0.3 is 12.2 Å². The summed E-state index contributed by atoms with van der Waals surface area (Å²) in [6.07, 6.45) is -7.68. The van der Waals surface area contributed by atoms with E-state index in [-0.39, 0.29) is 19.8 Å². The second-order valence-corrected chi connectivity index (χ2v) is 10.5. The molecular weight excluding hydrogens is 584 g/mol. The molecule has 0 bridgehead atoms. The van der Waals surface area contributed by atoms with E-state index in [9.17, 15) is 22.7 Å².